The first-order valence-electron chi connectivity index (χ1n) is 6.68. The largest absolute Gasteiger partial charge is 0.494 e. The van der Waals surface area contributed by atoms with E-state index in [4.69, 9.17) is 4.74 Å². The number of nitrogens with one attached hydrogen (secondary N) is 1. The van der Waals surface area contributed by atoms with Gasteiger partial charge in [-0.1, -0.05) is 19.1 Å². The molecule has 2 rings (SSSR count). The van der Waals surface area contributed by atoms with Crippen LogP contribution in [0.1, 0.15) is 25.3 Å². The van der Waals surface area contributed by atoms with Crippen molar-refractivity contribution < 1.29 is 13.9 Å². The highest BCUT2D eigenvalue weighted by Crippen LogP contribution is 2.32. The quantitative estimate of drug-likeness (QED) is 0.888. The summed E-state index contributed by atoms with van der Waals surface area (Å²) in [4.78, 5) is 12.5. The molecule has 1 unspecified atom stereocenters. The Morgan fingerprint density at radius 3 is 2.89 bits per heavy atom. The highest BCUT2D eigenvalue weighted by atomic mass is 19.1. The number of carbonyl (C=O) groups is 1. The minimum atomic E-state index is -0.421. The van der Waals surface area contributed by atoms with Gasteiger partial charge in [-0.15, -0.1) is 0 Å². The van der Waals surface area contributed by atoms with E-state index in [-0.39, 0.29) is 23.4 Å². The molecule has 0 amide bonds. The van der Waals surface area contributed by atoms with E-state index >= 15 is 0 Å². The molecule has 0 aromatic heterocycles. The van der Waals surface area contributed by atoms with Crippen LogP contribution in [0.15, 0.2) is 18.2 Å². The molecule has 0 radical (unpaired) electrons. The van der Waals surface area contributed by atoms with Crippen LogP contribution in [0.3, 0.4) is 0 Å². The molecule has 0 saturated carbocycles. The Hall–Kier alpha value is -1.42. The van der Waals surface area contributed by atoms with Gasteiger partial charge in [0.25, 0.3) is 0 Å². The number of rotatable bonds is 5. The van der Waals surface area contributed by atoms with Crippen molar-refractivity contribution >= 4 is 5.78 Å². The fourth-order valence-corrected chi connectivity index (χ4v) is 2.69. The van der Waals surface area contributed by atoms with Crippen molar-refractivity contribution in [1.82, 2.24) is 5.32 Å². The van der Waals surface area contributed by atoms with Crippen molar-refractivity contribution in [2.24, 2.45) is 5.41 Å². The Bertz CT molecular complexity index is 467. The number of hydrogen-bond acceptors (Lipinski definition) is 3. The summed E-state index contributed by atoms with van der Waals surface area (Å²) in [6.07, 6.45) is 1.77. The summed E-state index contributed by atoms with van der Waals surface area (Å²) in [5.74, 6) is -0.108. The Morgan fingerprint density at radius 1 is 1.53 bits per heavy atom. The molecular formula is C15H20FNO2. The molecular weight excluding hydrogens is 245 g/mol. The summed E-state index contributed by atoms with van der Waals surface area (Å²) in [7, 11) is 1.43. The summed E-state index contributed by atoms with van der Waals surface area (Å²) >= 11 is 0. The second kappa shape index (κ2) is 5.70. The molecule has 1 saturated heterocycles. The second-order valence-electron chi connectivity index (χ2n) is 5.09. The Morgan fingerprint density at radius 2 is 2.32 bits per heavy atom. The molecule has 1 atom stereocenters. The number of Topliss-reactive ketones (excluding diaryl/α,β-unsaturated/α-hetero) is 1. The van der Waals surface area contributed by atoms with Crippen LogP contribution < -0.4 is 10.1 Å². The van der Waals surface area contributed by atoms with E-state index in [1.54, 1.807) is 18.2 Å². The average molecular weight is 265 g/mol. The molecule has 19 heavy (non-hydrogen) atoms. The maximum atomic E-state index is 14.1. The van der Waals surface area contributed by atoms with E-state index in [0.717, 1.165) is 19.4 Å². The molecule has 0 spiro atoms. The zero-order chi connectivity index (χ0) is 13.9. The van der Waals surface area contributed by atoms with E-state index < -0.39 is 5.82 Å². The number of methoxy groups -OCH3 is 1. The van der Waals surface area contributed by atoms with Gasteiger partial charge in [-0.3, -0.25) is 4.79 Å². The maximum Gasteiger partial charge on any atom is 0.168 e. The summed E-state index contributed by atoms with van der Waals surface area (Å²) in [5, 5.41) is 3.23. The molecule has 1 N–H and O–H groups in total. The number of hydrogen-bond donors (Lipinski definition) is 1. The molecule has 1 fully saturated rings. The molecule has 1 aromatic rings. The van der Waals surface area contributed by atoms with Crippen LogP contribution in [0.25, 0.3) is 0 Å². The first kappa shape index (κ1) is 14.0. The minimum absolute atomic E-state index is 0.118. The predicted octanol–water partition coefficient (Wildman–Crippen LogP) is 2.34. The van der Waals surface area contributed by atoms with Crippen molar-refractivity contribution in [3.63, 3.8) is 0 Å². The number of ether oxygens (including phenoxy) is 1. The van der Waals surface area contributed by atoms with Gasteiger partial charge in [0.2, 0.25) is 0 Å². The zero-order valence-electron chi connectivity index (χ0n) is 11.5. The summed E-state index contributed by atoms with van der Waals surface area (Å²) in [5.41, 5.74) is 0.0965. The number of carbonyl (C=O) groups excluding carboxylic acids is 1. The highest BCUT2D eigenvalue weighted by Gasteiger charge is 2.39. The molecule has 1 aliphatic rings. The standard InChI is InChI=1S/C15H20FNO2/c1-3-15(7-8-17-10-15)13(18)9-11-5-4-6-12(19-2)14(11)16/h4-6,17H,3,7-10H2,1-2H3. The van der Waals surface area contributed by atoms with Gasteiger partial charge in [-0.05, 0) is 31.0 Å². The SMILES string of the molecule is CCC1(C(=O)Cc2cccc(OC)c2F)CCNC1. The second-order valence-corrected chi connectivity index (χ2v) is 5.09. The highest BCUT2D eigenvalue weighted by molar-refractivity contribution is 5.87. The van der Waals surface area contributed by atoms with Gasteiger partial charge < -0.3 is 10.1 Å². The lowest BCUT2D eigenvalue weighted by atomic mass is 9.78. The van der Waals surface area contributed by atoms with Crippen LogP contribution in [0, 0.1) is 11.2 Å². The summed E-state index contributed by atoms with van der Waals surface area (Å²) < 4.78 is 19.0. The van der Waals surface area contributed by atoms with E-state index in [9.17, 15) is 9.18 Å². The van der Waals surface area contributed by atoms with Crippen molar-refractivity contribution in [1.29, 1.82) is 0 Å². The lowest BCUT2D eigenvalue weighted by molar-refractivity contribution is -0.127. The number of ketones is 1. The molecule has 104 valence electrons. The summed E-state index contributed by atoms with van der Waals surface area (Å²) in [6.45, 7) is 3.58. The Kier molecular flexibility index (Phi) is 4.20. The lowest BCUT2D eigenvalue weighted by Crippen LogP contribution is -2.34. The van der Waals surface area contributed by atoms with Crippen molar-refractivity contribution in [3.8, 4) is 5.75 Å². The fourth-order valence-electron chi connectivity index (χ4n) is 2.69. The molecule has 1 heterocycles. The third-order valence-corrected chi connectivity index (χ3v) is 4.13. The third kappa shape index (κ3) is 2.63. The molecule has 0 bridgehead atoms. The molecule has 1 aliphatic heterocycles. The topological polar surface area (TPSA) is 38.3 Å². The zero-order valence-corrected chi connectivity index (χ0v) is 11.5. The van der Waals surface area contributed by atoms with Crippen LogP contribution >= 0.6 is 0 Å². The van der Waals surface area contributed by atoms with Crippen LogP contribution in [-0.4, -0.2) is 26.0 Å². The van der Waals surface area contributed by atoms with Crippen LogP contribution in [0.5, 0.6) is 5.75 Å². The van der Waals surface area contributed by atoms with Crippen molar-refractivity contribution in [3.05, 3.63) is 29.6 Å². The van der Waals surface area contributed by atoms with Crippen LogP contribution in [0.2, 0.25) is 0 Å². The lowest BCUT2D eigenvalue weighted by Gasteiger charge is -2.25. The van der Waals surface area contributed by atoms with Crippen LogP contribution in [-0.2, 0) is 11.2 Å². The van der Waals surface area contributed by atoms with Crippen molar-refractivity contribution in [2.45, 2.75) is 26.2 Å². The van der Waals surface area contributed by atoms with E-state index in [1.165, 1.54) is 7.11 Å². The van der Waals surface area contributed by atoms with E-state index in [2.05, 4.69) is 5.32 Å². The van der Waals surface area contributed by atoms with E-state index in [1.807, 2.05) is 6.92 Å². The summed E-state index contributed by atoms with van der Waals surface area (Å²) in [6, 6.07) is 4.94. The number of benzene rings is 1. The first-order valence-corrected chi connectivity index (χ1v) is 6.68. The Labute approximate surface area is 113 Å². The Balaban J connectivity index is 2.19. The van der Waals surface area contributed by atoms with Gasteiger partial charge in [-0.2, -0.15) is 0 Å². The molecule has 1 aromatic carbocycles. The third-order valence-electron chi connectivity index (χ3n) is 4.13. The molecule has 3 nitrogen and oxygen atoms in total. The van der Waals surface area contributed by atoms with Gasteiger partial charge in [0, 0.05) is 18.4 Å². The van der Waals surface area contributed by atoms with Gasteiger partial charge >= 0.3 is 0 Å². The fraction of sp³-hybridized carbons (Fsp3) is 0.533. The normalized spacial score (nSPS) is 22.5. The van der Waals surface area contributed by atoms with Gasteiger partial charge in [0.15, 0.2) is 11.6 Å². The smallest absolute Gasteiger partial charge is 0.168 e. The average Bonchev–Trinajstić information content (AvgIpc) is 2.91. The predicted molar refractivity (Wildman–Crippen MR) is 71.9 cm³/mol. The van der Waals surface area contributed by atoms with Gasteiger partial charge in [0.1, 0.15) is 5.78 Å². The monoisotopic (exact) mass is 265 g/mol. The van der Waals surface area contributed by atoms with Crippen LogP contribution in [0.4, 0.5) is 4.39 Å². The van der Waals surface area contributed by atoms with Crippen molar-refractivity contribution in [2.75, 3.05) is 20.2 Å². The number of halogens is 1. The van der Waals surface area contributed by atoms with Gasteiger partial charge in [0.05, 0.1) is 7.11 Å². The van der Waals surface area contributed by atoms with E-state index in [0.29, 0.717) is 12.1 Å². The molecule has 0 aliphatic carbocycles. The maximum absolute atomic E-state index is 14.1. The molecule has 4 heteroatoms. The minimum Gasteiger partial charge on any atom is -0.494 e. The first-order chi connectivity index (χ1) is 9.13. The van der Waals surface area contributed by atoms with Gasteiger partial charge in [-0.25, -0.2) is 4.39 Å².